The molecule has 0 unspecified atom stereocenters. The van der Waals surface area contributed by atoms with Gasteiger partial charge in [-0.05, 0) is 22.3 Å². The molecule has 0 fully saturated rings. The van der Waals surface area contributed by atoms with E-state index >= 15 is 0 Å². The molecule has 0 atom stereocenters. The highest BCUT2D eigenvalue weighted by molar-refractivity contribution is 6.17. The Morgan fingerprint density at radius 2 is 0.769 bits per heavy atom. The second-order valence-corrected chi connectivity index (χ2v) is 6.20. The summed E-state index contributed by atoms with van der Waals surface area (Å²) >= 11 is 0. The zero-order valence-corrected chi connectivity index (χ0v) is 14.4. The van der Waals surface area contributed by atoms with Gasteiger partial charge in [-0.3, -0.25) is 5.41 Å². The first kappa shape index (κ1) is 16.0. The van der Waals surface area contributed by atoms with E-state index in [-0.39, 0.29) is 0 Å². The van der Waals surface area contributed by atoms with Crippen LogP contribution < -0.4 is 0 Å². The van der Waals surface area contributed by atoms with Crippen molar-refractivity contribution in [2.75, 3.05) is 0 Å². The SMILES string of the molecule is N=C(c1ccccc1-c1ccccc1)c1ccccc1-c1ccccc1. The van der Waals surface area contributed by atoms with Crippen LogP contribution in [-0.2, 0) is 0 Å². The maximum Gasteiger partial charge on any atom is 0.0697 e. The lowest BCUT2D eigenvalue weighted by Crippen LogP contribution is -2.05. The second kappa shape index (κ2) is 7.20. The van der Waals surface area contributed by atoms with E-state index in [1.807, 2.05) is 72.8 Å². The topological polar surface area (TPSA) is 23.9 Å². The van der Waals surface area contributed by atoms with Crippen molar-refractivity contribution in [3.05, 3.63) is 120 Å². The molecule has 0 bridgehead atoms. The first-order valence-electron chi connectivity index (χ1n) is 8.73. The van der Waals surface area contributed by atoms with E-state index in [1.54, 1.807) is 0 Å². The van der Waals surface area contributed by atoms with Gasteiger partial charge >= 0.3 is 0 Å². The Bertz CT molecular complexity index is 949. The van der Waals surface area contributed by atoms with Crippen molar-refractivity contribution in [3.63, 3.8) is 0 Å². The van der Waals surface area contributed by atoms with Gasteiger partial charge in [-0.15, -0.1) is 0 Å². The molecule has 1 N–H and O–H groups in total. The van der Waals surface area contributed by atoms with Gasteiger partial charge in [0.2, 0.25) is 0 Å². The predicted molar refractivity (Wildman–Crippen MR) is 110 cm³/mol. The van der Waals surface area contributed by atoms with Crippen LogP contribution in [0.5, 0.6) is 0 Å². The summed E-state index contributed by atoms with van der Waals surface area (Å²) in [6.07, 6.45) is 0. The van der Waals surface area contributed by atoms with Gasteiger partial charge < -0.3 is 0 Å². The molecule has 0 saturated heterocycles. The fourth-order valence-corrected chi connectivity index (χ4v) is 3.29. The minimum atomic E-state index is 0.545. The molecule has 0 aliphatic rings. The molecule has 0 amide bonds. The maximum absolute atomic E-state index is 8.95. The largest absolute Gasteiger partial charge is 0.300 e. The van der Waals surface area contributed by atoms with Gasteiger partial charge in [0.25, 0.3) is 0 Å². The third-order valence-corrected chi connectivity index (χ3v) is 4.56. The molecular weight excluding hydrogens is 314 g/mol. The van der Waals surface area contributed by atoms with Crippen molar-refractivity contribution in [1.29, 1.82) is 5.41 Å². The molecule has 26 heavy (non-hydrogen) atoms. The molecule has 124 valence electrons. The number of nitrogens with one attached hydrogen (secondary N) is 1. The van der Waals surface area contributed by atoms with Crippen LogP contribution >= 0.6 is 0 Å². The van der Waals surface area contributed by atoms with Gasteiger partial charge in [-0.1, -0.05) is 109 Å². The highest BCUT2D eigenvalue weighted by Crippen LogP contribution is 2.29. The van der Waals surface area contributed by atoms with Crippen molar-refractivity contribution < 1.29 is 0 Å². The monoisotopic (exact) mass is 333 g/mol. The Balaban J connectivity index is 1.84. The number of benzene rings is 4. The Kier molecular flexibility index (Phi) is 4.44. The normalized spacial score (nSPS) is 10.5. The highest BCUT2D eigenvalue weighted by atomic mass is 14.4. The van der Waals surface area contributed by atoms with Gasteiger partial charge in [0.15, 0.2) is 0 Å². The molecule has 1 heteroatoms. The molecule has 0 saturated carbocycles. The number of hydrogen-bond acceptors (Lipinski definition) is 1. The van der Waals surface area contributed by atoms with Crippen molar-refractivity contribution in [2.24, 2.45) is 0 Å². The molecule has 0 heterocycles. The number of hydrogen-bond donors (Lipinski definition) is 1. The van der Waals surface area contributed by atoms with Crippen LogP contribution in [0.25, 0.3) is 22.3 Å². The second-order valence-electron chi connectivity index (χ2n) is 6.20. The maximum atomic E-state index is 8.95. The molecule has 4 aromatic carbocycles. The summed E-state index contributed by atoms with van der Waals surface area (Å²) in [6.45, 7) is 0. The molecule has 0 aliphatic carbocycles. The molecular formula is C25H19N. The molecule has 0 radical (unpaired) electrons. The van der Waals surface area contributed by atoms with Crippen LogP contribution in [-0.4, -0.2) is 5.71 Å². The van der Waals surface area contributed by atoms with Crippen molar-refractivity contribution in [1.82, 2.24) is 0 Å². The van der Waals surface area contributed by atoms with E-state index in [4.69, 9.17) is 5.41 Å². The fraction of sp³-hybridized carbons (Fsp3) is 0. The molecule has 0 aromatic heterocycles. The zero-order valence-electron chi connectivity index (χ0n) is 14.4. The van der Waals surface area contributed by atoms with E-state index < -0.39 is 0 Å². The van der Waals surface area contributed by atoms with Crippen molar-refractivity contribution in [3.8, 4) is 22.3 Å². The van der Waals surface area contributed by atoms with Gasteiger partial charge in [-0.2, -0.15) is 0 Å². The zero-order chi connectivity index (χ0) is 17.8. The lowest BCUT2D eigenvalue weighted by molar-refractivity contribution is 1.45. The Morgan fingerprint density at radius 3 is 1.19 bits per heavy atom. The molecule has 0 spiro atoms. The molecule has 1 nitrogen and oxygen atoms in total. The van der Waals surface area contributed by atoms with E-state index in [0.717, 1.165) is 33.4 Å². The van der Waals surface area contributed by atoms with E-state index in [2.05, 4.69) is 36.4 Å². The first-order valence-corrected chi connectivity index (χ1v) is 8.73. The third-order valence-electron chi connectivity index (χ3n) is 4.56. The molecule has 0 aliphatic heterocycles. The Morgan fingerprint density at radius 1 is 0.423 bits per heavy atom. The first-order chi connectivity index (χ1) is 12.8. The van der Waals surface area contributed by atoms with Crippen LogP contribution in [0.2, 0.25) is 0 Å². The average Bonchev–Trinajstić information content (AvgIpc) is 2.74. The summed E-state index contributed by atoms with van der Waals surface area (Å²) in [4.78, 5) is 0. The molecule has 4 rings (SSSR count). The fourth-order valence-electron chi connectivity index (χ4n) is 3.29. The van der Waals surface area contributed by atoms with Gasteiger partial charge in [-0.25, -0.2) is 0 Å². The van der Waals surface area contributed by atoms with Crippen LogP contribution in [0.3, 0.4) is 0 Å². The molecule has 4 aromatic rings. The van der Waals surface area contributed by atoms with Crippen LogP contribution in [0.15, 0.2) is 109 Å². The van der Waals surface area contributed by atoms with Crippen LogP contribution in [0.4, 0.5) is 0 Å². The Hall–Kier alpha value is -3.45. The summed E-state index contributed by atoms with van der Waals surface area (Å²) in [5, 5.41) is 8.95. The number of rotatable bonds is 4. The quantitative estimate of drug-likeness (QED) is 0.416. The third kappa shape index (κ3) is 3.07. The lowest BCUT2D eigenvalue weighted by Gasteiger charge is -2.15. The average molecular weight is 333 g/mol. The van der Waals surface area contributed by atoms with E-state index in [9.17, 15) is 0 Å². The Labute approximate surface area is 154 Å². The van der Waals surface area contributed by atoms with Crippen molar-refractivity contribution >= 4 is 5.71 Å². The van der Waals surface area contributed by atoms with Gasteiger partial charge in [0.05, 0.1) is 5.71 Å². The smallest absolute Gasteiger partial charge is 0.0697 e. The standard InChI is InChI=1S/C25H19N/c26-25(23-17-9-7-15-21(23)19-11-3-1-4-12-19)24-18-10-8-16-22(24)20-13-5-2-6-14-20/h1-18,26H. The van der Waals surface area contributed by atoms with Gasteiger partial charge in [0, 0.05) is 11.1 Å². The minimum absolute atomic E-state index is 0.545. The van der Waals surface area contributed by atoms with Crippen LogP contribution in [0, 0.1) is 5.41 Å². The highest BCUT2D eigenvalue weighted by Gasteiger charge is 2.14. The summed E-state index contributed by atoms with van der Waals surface area (Å²) in [5.41, 5.74) is 6.87. The lowest BCUT2D eigenvalue weighted by atomic mass is 9.89. The van der Waals surface area contributed by atoms with Gasteiger partial charge in [0.1, 0.15) is 0 Å². The van der Waals surface area contributed by atoms with Crippen LogP contribution in [0.1, 0.15) is 11.1 Å². The predicted octanol–water partition coefficient (Wildman–Crippen LogP) is 6.44. The summed E-state index contributed by atoms with van der Waals surface area (Å²) < 4.78 is 0. The van der Waals surface area contributed by atoms with E-state index in [0.29, 0.717) is 5.71 Å². The van der Waals surface area contributed by atoms with Crippen molar-refractivity contribution in [2.45, 2.75) is 0 Å². The minimum Gasteiger partial charge on any atom is -0.300 e. The van der Waals surface area contributed by atoms with E-state index in [1.165, 1.54) is 0 Å². The summed E-state index contributed by atoms with van der Waals surface area (Å²) in [7, 11) is 0. The summed E-state index contributed by atoms with van der Waals surface area (Å²) in [5.74, 6) is 0. The summed E-state index contributed by atoms with van der Waals surface area (Å²) in [6, 6.07) is 36.8.